The van der Waals surface area contributed by atoms with Crippen molar-refractivity contribution in [2.75, 3.05) is 12.4 Å². The molecule has 0 spiro atoms. The number of amides is 1. The van der Waals surface area contributed by atoms with E-state index >= 15 is 0 Å². The van der Waals surface area contributed by atoms with E-state index in [1.165, 1.54) is 7.05 Å². The van der Waals surface area contributed by atoms with Gasteiger partial charge < -0.3 is 15.7 Å². The van der Waals surface area contributed by atoms with Crippen molar-refractivity contribution >= 4 is 11.6 Å². The summed E-state index contributed by atoms with van der Waals surface area (Å²) in [7, 11) is 1.42. The zero-order valence-corrected chi connectivity index (χ0v) is 8.69. The number of nitriles is 1. The van der Waals surface area contributed by atoms with Gasteiger partial charge in [0, 0.05) is 12.7 Å². The fourth-order valence-electron chi connectivity index (χ4n) is 1.05. The summed E-state index contributed by atoms with van der Waals surface area (Å²) in [5.41, 5.74) is 0.204. The number of carbonyl (C=O) groups excluding carboxylic acids is 1. The molecule has 0 fully saturated rings. The summed E-state index contributed by atoms with van der Waals surface area (Å²) in [5, 5.41) is 22.8. The number of benzene rings is 1. The van der Waals surface area contributed by atoms with Crippen molar-refractivity contribution in [1.29, 1.82) is 5.26 Å². The average molecular weight is 217 g/mol. The van der Waals surface area contributed by atoms with Gasteiger partial charge in [-0.2, -0.15) is 5.26 Å². The summed E-state index contributed by atoms with van der Waals surface area (Å²) >= 11 is 0. The van der Waals surface area contributed by atoms with Gasteiger partial charge in [-0.05, 0) is 12.1 Å². The van der Waals surface area contributed by atoms with Crippen molar-refractivity contribution < 1.29 is 9.90 Å². The summed E-state index contributed by atoms with van der Waals surface area (Å²) < 4.78 is 0. The molecule has 0 saturated heterocycles. The molecule has 0 aliphatic rings. The van der Waals surface area contributed by atoms with E-state index < -0.39 is 11.8 Å². The smallest absolute Gasteiger partial charge is 0.271 e. The second kappa shape index (κ2) is 5.41. The number of anilines is 1. The van der Waals surface area contributed by atoms with Crippen LogP contribution in [0.1, 0.15) is 0 Å². The van der Waals surface area contributed by atoms with E-state index in [9.17, 15) is 9.90 Å². The maximum Gasteiger partial charge on any atom is 0.271 e. The number of rotatable bonds is 3. The first-order chi connectivity index (χ1) is 7.69. The van der Waals surface area contributed by atoms with E-state index in [-0.39, 0.29) is 5.57 Å². The Kier molecular flexibility index (Phi) is 3.92. The van der Waals surface area contributed by atoms with Crippen LogP contribution < -0.4 is 10.6 Å². The molecule has 1 aromatic carbocycles. The lowest BCUT2D eigenvalue weighted by molar-refractivity contribution is -0.112. The molecule has 5 heteroatoms. The van der Waals surface area contributed by atoms with Gasteiger partial charge in [0.15, 0.2) is 5.57 Å². The first-order valence-corrected chi connectivity index (χ1v) is 4.56. The first kappa shape index (κ1) is 11.6. The third kappa shape index (κ3) is 2.75. The molecular weight excluding hydrogens is 206 g/mol. The van der Waals surface area contributed by atoms with Crippen molar-refractivity contribution in [3.63, 3.8) is 0 Å². The lowest BCUT2D eigenvalue weighted by Crippen LogP contribution is -2.19. The molecule has 0 unspecified atom stereocenters. The van der Waals surface area contributed by atoms with E-state index in [0.29, 0.717) is 5.69 Å². The maximum absolute atomic E-state index is 11.6. The molecule has 0 aliphatic carbocycles. The number of carbonyl (C=O) groups is 1. The Labute approximate surface area is 93.0 Å². The highest BCUT2D eigenvalue weighted by Gasteiger charge is 2.14. The lowest BCUT2D eigenvalue weighted by atomic mass is 10.2. The quantitative estimate of drug-likeness (QED) is 0.402. The second-order valence-corrected chi connectivity index (χ2v) is 2.91. The summed E-state index contributed by atoms with van der Waals surface area (Å²) in [6.07, 6.45) is 0. The van der Waals surface area contributed by atoms with Crippen LogP contribution in [0.15, 0.2) is 41.8 Å². The van der Waals surface area contributed by atoms with Crippen LogP contribution in [0.25, 0.3) is 0 Å². The van der Waals surface area contributed by atoms with Crippen LogP contribution in [0.5, 0.6) is 0 Å². The van der Waals surface area contributed by atoms with Crippen molar-refractivity contribution in [1.82, 2.24) is 5.32 Å². The van der Waals surface area contributed by atoms with Gasteiger partial charge in [0.05, 0.1) is 0 Å². The molecule has 0 bridgehead atoms. The molecule has 16 heavy (non-hydrogen) atoms. The number of aliphatic hydroxyl groups is 1. The molecule has 0 atom stereocenters. The Balaban J connectivity index is 2.85. The van der Waals surface area contributed by atoms with Crippen LogP contribution in [0.4, 0.5) is 5.69 Å². The predicted molar refractivity (Wildman–Crippen MR) is 59.4 cm³/mol. The average Bonchev–Trinajstić information content (AvgIpc) is 2.31. The summed E-state index contributed by atoms with van der Waals surface area (Å²) in [4.78, 5) is 11.6. The number of para-hydroxylation sites is 1. The Morgan fingerprint density at radius 3 is 2.50 bits per heavy atom. The number of hydrogen-bond donors (Lipinski definition) is 3. The van der Waals surface area contributed by atoms with Crippen LogP contribution in [-0.2, 0) is 4.79 Å². The SMILES string of the molecule is CN/C(O)=C(\C#N)C(=O)Nc1ccccc1. The van der Waals surface area contributed by atoms with Gasteiger partial charge >= 0.3 is 0 Å². The summed E-state index contributed by atoms with van der Waals surface area (Å²) in [5.74, 6) is -1.10. The molecule has 0 saturated carbocycles. The Hall–Kier alpha value is -2.48. The van der Waals surface area contributed by atoms with E-state index in [4.69, 9.17) is 5.26 Å². The Morgan fingerprint density at radius 1 is 1.38 bits per heavy atom. The third-order valence-corrected chi connectivity index (χ3v) is 1.84. The summed E-state index contributed by atoms with van der Waals surface area (Å²) in [6, 6.07) is 10.3. The predicted octanol–water partition coefficient (Wildman–Crippen LogP) is 1.14. The van der Waals surface area contributed by atoms with Gasteiger partial charge in [-0.1, -0.05) is 18.2 Å². The first-order valence-electron chi connectivity index (χ1n) is 4.56. The number of hydrogen-bond acceptors (Lipinski definition) is 4. The van der Waals surface area contributed by atoms with Crippen LogP contribution >= 0.6 is 0 Å². The van der Waals surface area contributed by atoms with Crippen LogP contribution in [0.2, 0.25) is 0 Å². The number of nitrogens with one attached hydrogen (secondary N) is 2. The molecule has 1 rings (SSSR count). The largest absolute Gasteiger partial charge is 0.494 e. The lowest BCUT2D eigenvalue weighted by Gasteiger charge is -2.05. The van der Waals surface area contributed by atoms with Crippen molar-refractivity contribution in [2.45, 2.75) is 0 Å². The van der Waals surface area contributed by atoms with Gasteiger partial charge in [-0.3, -0.25) is 4.79 Å². The van der Waals surface area contributed by atoms with Crippen molar-refractivity contribution in [3.05, 3.63) is 41.8 Å². The Morgan fingerprint density at radius 2 is 2.00 bits per heavy atom. The molecule has 5 nitrogen and oxygen atoms in total. The van der Waals surface area contributed by atoms with Gasteiger partial charge in [0.25, 0.3) is 5.91 Å². The van der Waals surface area contributed by atoms with Gasteiger partial charge in [-0.25, -0.2) is 0 Å². The van der Waals surface area contributed by atoms with Crippen molar-refractivity contribution in [3.8, 4) is 6.07 Å². The van der Waals surface area contributed by atoms with E-state index in [1.807, 2.05) is 6.07 Å². The van der Waals surface area contributed by atoms with Gasteiger partial charge in [0.1, 0.15) is 6.07 Å². The minimum Gasteiger partial charge on any atom is -0.494 e. The second-order valence-electron chi connectivity index (χ2n) is 2.91. The van der Waals surface area contributed by atoms with E-state index in [1.54, 1.807) is 30.3 Å². The minimum atomic E-state index is -0.652. The standard InChI is InChI=1S/C11H11N3O2/c1-13-10(15)9(7-12)11(16)14-8-5-3-2-4-6-8/h2-6,13,15H,1H3,(H,14,16)/b10-9-. The van der Waals surface area contributed by atoms with Crippen LogP contribution in [0.3, 0.4) is 0 Å². The van der Waals surface area contributed by atoms with Crippen LogP contribution in [-0.4, -0.2) is 18.1 Å². The summed E-state index contributed by atoms with van der Waals surface area (Å²) in [6.45, 7) is 0. The highest BCUT2D eigenvalue weighted by molar-refractivity contribution is 6.06. The van der Waals surface area contributed by atoms with E-state index in [2.05, 4.69) is 10.6 Å². The highest BCUT2D eigenvalue weighted by Crippen LogP contribution is 2.08. The molecule has 1 amide bonds. The molecule has 0 aliphatic heterocycles. The molecule has 3 N–H and O–H groups in total. The molecule has 0 heterocycles. The van der Waals surface area contributed by atoms with Crippen molar-refractivity contribution in [2.24, 2.45) is 0 Å². The van der Waals surface area contributed by atoms with Crippen LogP contribution in [0, 0.1) is 11.3 Å². The van der Waals surface area contributed by atoms with Gasteiger partial charge in [0.2, 0.25) is 5.88 Å². The highest BCUT2D eigenvalue weighted by atomic mass is 16.3. The third-order valence-electron chi connectivity index (χ3n) is 1.84. The van der Waals surface area contributed by atoms with E-state index in [0.717, 1.165) is 0 Å². The zero-order chi connectivity index (χ0) is 12.0. The molecule has 0 aromatic heterocycles. The normalized spacial score (nSPS) is 11.0. The monoisotopic (exact) mass is 217 g/mol. The fraction of sp³-hybridized carbons (Fsp3) is 0.0909. The Bertz CT molecular complexity index is 446. The van der Waals surface area contributed by atoms with Gasteiger partial charge in [-0.15, -0.1) is 0 Å². The zero-order valence-electron chi connectivity index (χ0n) is 8.69. The minimum absolute atomic E-state index is 0.355. The molecule has 82 valence electrons. The maximum atomic E-state index is 11.6. The fourth-order valence-corrected chi connectivity index (χ4v) is 1.05. The number of aliphatic hydroxyl groups excluding tert-OH is 1. The topological polar surface area (TPSA) is 85.2 Å². The molecule has 1 aromatic rings. The molecule has 0 radical (unpaired) electrons. The number of nitrogens with zero attached hydrogens (tertiary/aromatic N) is 1. The molecular formula is C11H11N3O2.